The molecule has 108 valence electrons. The lowest BCUT2D eigenvalue weighted by Gasteiger charge is -2.09. The van der Waals surface area contributed by atoms with Crippen LogP contribution in [0.4, 0.5) is 0 Å². The minimum Gasteiger partial charge on any atom is -0.481 e. The van der Waals surface area contributed by atoms with Gasteiger partial charge >= 0.3 is 5.97 Å². The Bertz CT molecular complexity index is 390. The van der Waals surface area contributed by atoms with Crippen LogP contribution < -0.4 is 5.32 Å². The molecule has 0 aromatic carbocycles. The number of aromatic nitrogens is 2. The highest BCUT2D eigenvalue weighted by molar-refractivity contribution is 5.66. The van der Waals surface area contributed by atoms with Crippen LogP contribution in [0.2, 0.25) is 0 Å². The molecule has 19 heavy (non-hydrogen) atoms. The Labute approximate surface area is 113 Å². The van der Waals surface area contributed by atoms with Crippen molar-refractivity contribution < 1.29 is 14.4 Å². The van der Waals surface area contributed by atoms with Crippen LogP contribution in [0.1, 0.15) is 57.7 Å². The molecule has 1 aromatic heterocycles. The van der Waals surface area contributed by atoms with E-state index in [2.05, 4.69) is 22.4 Å². The van der Waals surface area contributed by atoms with Gasteiger partial charge in [0.2, 0.25) is 5.89 Å². The number of hydrogen-bond acceptors (Lipinski definition) is 5. The fourth-order valence-corrected chi connectivity index (χ4v) is 1.64. The summed E-state index contributed by atoms with van der Waals surface area (Å²) in [6.07, 6.45) is 1.91. The molecule has 0 aliphatic carbocycles. The molecule has 2 N–H and O–H groups in total. The standard InChI is InChI=1S/C13H23N3O3/c1-9(2)13-15-11(16-19-13)8-14-7-6-10(3)4-5-12(17)18/h9-10,14H,4-8H2,1-3H3,(H,17,18). The minimum atomic E-state index is -0.729. The van der Waals surface area contributed by atoms with Crippen LogP contribution in [0.3, 0.4) is 0 Å². The maximum Gasteiger partial charge on any atom is 0.303 e. The van der Waals surface area contributed by atoms with E-state index in [1.807, 2.05) is 13.8 Å². The molecule has 0 aliphatic rings. The molecule has 0 aliphatic heterocycles. The molecule has 0 radical (unpaired) electrons. The molecule has 0 fully saturated rings. The molecule has 1 aromatic rings. The molecular formula is C13H23N3O3. The fraction of sp³-hybridized carbons (Fsp3) is 0.769. The predicted octanol–water partition coefficient (Wildman–Crippen LogP) is 2.17. The van der Waals surface area contributed by atoms with Gasteiger partial charge in [0.05, 0.1) is 6.54 Å². The Morgan fingerprint density at radius 2 is 2.11 bits per heavy atom. The highest BCUT2D eigenvalue weighted by atomic mass is 16.5. The van der Waals surface area contributed by atoms with Gasteiger partial charge < -0.3 is 14.9 Å². The van der Waals surface area contributed by atoms with Gasteiger partial charge in [-0.05, 0) is 25.3 Å². The summed E-state index contributed by atoms with van der Waals surface area (Å²) in [5, 5.41) is 15.7. The third-order valence-electron chi connectivity index (χ3n) is 2.93. The zero-order chi connectivity index (χ0) is 14.3. The van der Waals surface area contributed by atoms with E-state index in [4.69, 9.17) is 9.63 Å². The number of carbonyl (C=O) groups is 1. The summed E-state index contributed by atoms with van der Waals surface area (Å²) < 4.78 is 5.10. The van der Waals surface area contributed by atoms with Crippen LogP contribution in [-0.4, -0.2) is 27.8 Å². The Morgan fingerprint density at radius 1 is 1.37 bits per heavy atom. The van der Waals surface area contributed by atoms with Crippen molar-refractivity contribution in [2.45, 2.75) is 52.5 Å². The zero-order valence-corrected chi connectivity index (χ0v) is 11.8. The number of carboxylic acid groups (broad SMARTS) is 1. The van der Waals surface area contributed by atoms with Crippen molar-refractivity contribution in [3.05, 3.63) is 11.7 Å². The molecule has 0 spiro atoms. The first-order valence-corrected chi connectivity index (χ1v) is 6.74. The molecule has 1 rings (SSSR count). The van der Waals surface area contributed by atoms with E-state index in [0.717, 1.165) is 19.4 Å². The van der Waals surface area contributed by atoms with Gasteiger partial charge in [-0.1, -0.05) is 25.9 Å². The number of carboxylic acids is 1. The van der Waals surface area contributed by atoms with Crippen molar-refractivity contribution in [1.82, 2.24) is 15.5 Å². The van der Waals surface area contributed by atoms with Crippen LogP contribution in [0.25, 0.3) is 0 Å². The van der Waals surface area contributed by atoms with Gasteiger partial charge in [-0.3, -0.25) is 4.79 Å². The maximum atomic E-state index is 10.4. The lowest BCUT2D eigenvalue weighted by Crippen LogP contribution is -2.18. The van der Waals surface area contributed by atoms with Crippen molar-refractivity contribution in [3.63, 3.8) is 0 Å². The summed E-state index contributed by atoms with van der Waals surface area (Å²) in [6.45, 7) is 7.49. The summed E-state index contributed by atoms with van der Waals surface area (Å²) in [4.78, 5) is 14.7. The lowest BCUT2D eigenvalue weighted by molar-refractivity contribution is -0.137. The number of hydrogen-bond donors (Lipinski definition) is 2. The summed E-state index contributed by atoms with van der Waals surface area (Å²) >= 11 is 0. The largest absolute Gasteiger partial charge is 0.481 e. The third-order valence-corrected chi connectivity index (χ3v) is 2.93. The van der Waals surface area contributed by atoms with Crippen LogP contribution in [0.5, 0.6) is 0 Å². The van der Waals surface area contributed by atoms with E-state index in [-0.39, 0.29) is 12.3 Å². The van der Waals surface area contributed by atoms with E-state index in [1.165, 1.54) is 0 Å². The summed E-state index contributed by atoms with van der Waals surface area (Å²) in [7, 11) is 0. The van der Waals surface area contributed by atoms with E-state index >= 15 is 0 Å². The molecule has 1 heterocycles. The highest BCUT2D eigenvalue weighted by Gasteiger charge is 2.09. The molecular weight excluding hydrogens is 246 g/mol. The Hall–Kier alpha value is -1.43. The minimum absolute atomic E-state index is 0.240. The molecule has 0 amide bonds. The average molecular weight is 269 g/mol. The summed E-state index contributed by atoms with van der Waals surface area (Å²) in [5.41, 5.74) is 0. The van der Waals surface area contributed by atoms with Crippen LogP contribution in [-0.2, 0) is 11.3 Å². The van der Waals surface area contributed by atoms with Crippen molar-refractivity contribution in [1.29, 1.82) is 0 Å². The van der Waals surface area contributed by atoms with Gasteiger partial charge in [-0.2, -0.15) is 4.98 Å². The van der Waals surface area contributed by atoms with Gasteiger partial charge in [-0.25, -0.2) is 0 Å². The first kappa shape index (κ1) is 15.6. The molecule has 1 atom stereocenters. The molecule has 0 saturated heterocycles. The Morgan fingerprint density at radius 3 is 2.68 bits per heavy atom. The van der Waals surface area contributed by atoms with Crippen LogP contribution in [0.15, 0.2) is 4.52 Å². The van der Waals surface area contributed by atoms with Crippen molar-refractivity contribution in [3.8, 4) is 0 Å². The van der Waals surface area contributed by atoms with Gasteiger partial charge in [0, 0.05) is 12.3 Å². The van der Waals surface area contributed by atoms with E-state index in [9.17, 15) is 4.79 Å². The lowest BCUT2D eigenvalue weighted by atomic mass is 10.0. The average Bonchev–Trinajstić information content (AvgIpc) is 2.81. The molecule has 6 nitrogen and oxygen atoms in total. The topological polar surface area (TPSA) is 88.3 Å². The van der Waals surface area contributed by atoms with E-state index in [1.54, 1.807) is 0 Å². The van der Waals surface area contributed by atoms with Gasteiger partial charge in [0.25, 0.3) is 0 Å². The van der Waals surface area contributed by atoms with Gasteiger partial charge in [-0.15, -0.1) is 0 Å². The first-order chi connectivity index (χ1) is 8.99. The second-order valence-electron chi connectivity index (χ2n) is 5.21. The maximum absolute atomic E-state index is 10.4. The Balaban J connectivity index is 2.14. The second kappa shape index (κ2) is 7.89. The van der Waals surface area contributed by atoms with Crippen LogP contribution in [0, 0.1) is 5.92 Å². The number of nitrogens with one attached hydrogen (secondary N) is 1. The predicted molar refractivity (Wildman–Crippen MR) is 70.7 cm³/mol. The molecule has 0 bridgehead atoms. The molecule has 6 heteroatoms. The summed E-state index contributed by atoms with van der Waals surface area (Å²) in [5.74, 6) is 1.25. The number of aliphatic carboxylic acids is 1. The third kappa shape index (κ3) is 6.33. The summed E-state index contributed by atoms with van der Waals surface area (Å²) in [6, 6.07) is 0. The zero-order valence-electron chi connectivity index (χ0n) is 11.8. The SMILES string of the molecule is CC(CCNCc1noc(C(C)C)n1)CCC(=O)O. The molecule has 1 unspecified atom stereocenters. The van der Waals surface area contributed by atoms with Crippen LogP contribution >= 0.6 is 0 Å². The monoisotopic (exact) mass is 269 g/mol. The van der Waals surface area contributed by atoms with Crippen molar-refractivity contribution in [2.75, 3.05) is 6.54 Å². The normalized spacial score (nSPS) is 12.8. The number of rotatable bonds is 9. The smallest absolute Gasteiger partial charge is 0.303 e. The highest BCUT2D eigenvalue weighted by Crippen LogP contribution is 2.11. The van der Waals surface area contributed by atoms with Gasteiger partial charge in [0.1, 0.15) is 0 Å². The van der Waals surface area contributed by atoms with E-state index in [0.29, 0.717) is 24.2 Å². The quantitative estimate of drug-likeness (QED) is 0.668. The van der Waals surface area contributed by atoms with Crippen molar-refractivity contribution >= 4 is 5.97 Å². The first-order valence-electron chi connectivity index (χ1n) is 6.74. The fourth-order valence-electron chi connectivity index (χ4n) is 1.64. The second-order valence-corrected chi connectivity index (χ2v) is 5.21. The van der Waals surface area contributed by atoms with E-state index < -0.39 is 5.97 Å². The van der Waals surface area contributed by atoms with Gasteiger partial charge in [0.15, 0.2) is 5.82 Å². The Kier molecular flexibility index (Phi) is 6.49. The van der Waals surface area contributed by atoms with Crippen molar-refractivity contribution in [2.24, 2.45) is 5.92 Å². The number of nitrogens with zero attached hydrogens (tertiary/aromatic N) is 2. The molecule has 0 saturated carbocycles.